The minimum absolute atomic E-state index is 0.102. The summed E-state index contributed by atoms with van der Waals surface area (Å²) in [7, 11) is 0. The number of Topliss-reactive ketones (excluding diaryl/α,β-unsaturated/α-hetero) is 1. The van der Waals surface area contributed by atoms with Gasteiger partial charge in [-0.3, -0.25) is 4.79 Å². The predicted octanol–water partition coefficient (Wildman–Crippen LogP) is 7.03. The van der Waals surface area contributed by atoms with Crippen molar-refractivity contribution in [1.82, 2.24) is 0 Å². The number of carbonyl (C=O) groups is 1. The van der Waals surface area contributed by atoms with Crippen LogP contribution in [0.15, 0.2) is 102 Å². The summed E-state index contributed by atoms with van der Waals surface area (Å²) in [4.78, 5) is 13.1. The Balaban J connectivity index is 1.61. The van der Waals surface area contributed by atoms with Crippen molar-refractivity contribution in [2.75, 3.05) is 5.32 Å². The molecule has 4 aromatic rings. The van der Waals surface area contributed by atoms with E-state index in [9.17, 15) is 4.79 Å². The molecule has 4 aromatic carbocycles. The lowest BCUT2D eigenvalue weighted by atomic mass is 9.96. The van der Waals surface area contributed by atoms with Crippen LogP contribution >= 0.6 is 15.9 Å². The highest BCUT2D eigenvalue weighted by molar-refractivity contribution is 9.10. The van der Waals surface area contributed by atoms with Gasteiger partial charge in [-0.15, -0.1) is 0 Å². The monoisotopic (exact) mass is 429 g/mol. The second-order valence-electron chi connectivity index (χ2n) is 6.80. The lowest BCUT2D eigenvalue weighted by Gasteiger charge is -2.20. The zero-order chi connectivity index (χ0) is 19.3. The zero-order valence-electron chi connectivity index (χ0n) is 15.3. The number of anilines is 1. The molecule has 0 saturated heterocycles. The Bertz CT molecular complexity index is 1090. The first-order valence-electron chi connectivity index (χ1n) is 9.28. The smallest absolute Gasteiger partial charge is 0.165 e. The maximum absolute atomic E-state index is 13.1. The van der Waals surface area contributed by atoms with Gasteiger partial charge in [0.15, 0.2) is 5.78 Å². The maximum Gasteiger partial charge on any atom is 0.165 e. The second kappa shape index (κ2) is 8.41. The molecule has 3 heteroatoms. The lowest BCUT2D eigenvalue weighted by Crippen LogP contribution is -2.15. The van der Waals surface area contributed by atoms with E-state index in [-0.39, 0.29) is 11.8 Å². The molecule has 0 aliphatic carbocycles. The Morgan fingerprint density at radius 1 is 0.786 bits per heavy atom. The Morgan fingerprint density at radius 3 is 2.21 bits per heavy atom. The summed E-state index contributed by atoms with van der Waals surface area (Å²) in [5, 5.41) is 5.75. The molecule has 1 unspecified atom stereocenters. The molecule has 0 fully saturated rings. The first-order chi connectivity index (χ1) is 13.7. The first kappa shape index (κ1) is 18.5. The van der Waals surface area contributed by atoms with Crippen molar-refractivity contribution in [2.45, 2.75) is 12.5 Å². The highest BCUT2D eigenvalue weighted by Gasteiger charge is 2.18. The molecule has 4 rings (SSSR count). The van der Waals surface area contributed by atoms with Crippen LogP contribution in [0.3, 0.4) is 0 Å². The Hall–Kier alpha value is -2.91. The topological polar surface area (TPSA) is 29.1 Å². The summed E-state index contributed by atoms with van der Waals surface area (Å²) in [5.74, 6) is 0.127. The van der Waals surface area contributed by atoms with Crippen molar-refractivity contribution in [1.29, 1.82) is 0 Å². The van der Waals surface area contributed by atoms with Gasteiger partial charge >= 0.3 is 0 Å². The molecule has 1 atom stereocenters. The van der Waals surface area contributed by atoms with E-state index >= 15 is 0 Å². The molecule has 0 spiro atoms. The fraction of sp³-hybridized carbons (Fsp3) is 0.0800. The molecule has 0 heterocycles. The fourth-order valence-electron chi connectivity index (χ4n) is 3.35. The number of halogens is 1. The van der Waals surface area contributed by atoms with Gasteiger partial charge in [0.1, 0.15) is 0 Å². The van der Waals surface area contributed by atoms with Crippen LogP contribution < -0.4 is 5.32 Å². The highest BCUT2D eigenvalue weighted by Crippen LogP contribution is 2.26. The van der Waals surface area contributed by atoms with Gasteiger partial charge in [0, 0.05) is 22.1 Å². The van der Waals surface area contributed by atoms with Gasteiger partial charge in [-0.2, -0.15) is 0 Å². The summed E-state index contributed by atoms with van der Waals surface area (Å²) in [6, 6.07) is 32.1. The van der Waals surface area contributed by atoms with Gasteiger partial charge in [0.25, 0.3) is 0 Å². The molecule has 28 heavy (non-hydrogen) atoms. The maximum atomic E-state index is 13.1. The van der Waals surface area contributed by atoms with E-state index in [0.29, 0.717) is 6.42 Å². The summed E-state index contributed by atoms with van der Waals surface area (Å²) < 4.78 is 1.02. The molecule has 0 aliphatic rings. The average molecular weight is 430 g/mol. The molecule has 0 aliphatic heterocycles. The highest BCUT2D eigenvalue weighted by atomic mass is 79.9. The number of para-hydroxylation sites is 1. The normalized spacial score (nSPS) is 11.9. The lowest BCUT2D eigenvalue weighted by molar-refractivity contribution is 0.0976. The van der Waals surface area contributed by atoms with Gasteiger partial charge < -0.3 is 5.32 Å². The third kappa shape index (κ3) is 4.32. The van der Waals surface area contributed by atoms with Crippen LogP contribution in [0.2, 0.25) is 0 Å². The summed E-state index contributed by atoms with van der Waals surface area (Å²) in [6.45, 7) is 0. The number of ketones is 1. The van der Waals surface area contributed by atoms with Gasteiger partial charge in [0.05, 0.1) is 6.04 Å². The number of hydrogen-bond donors (Lipinski definition) is 1. The summed E-state index contributed by atoms with van der Waals surface area (Å²) in [6.07, 6.45) is 0.384. The van der Waals surface area contributed by atoms with Crippen LogP contribution in [0.25, 0.3) is 10.8 Å². The van der Waals surface area contributed by atoms with Crippen molar-refractivity contribution in [3.63, 3.8) is 0 Å². The number of nitrogens with one attached hydrogen (secondary N) is 1. The van der Waals surface area contributed by atoms with Crippen LogP contribution in [0, 0.1) is 0 Å². The van der Waals surface area contributed by atoms with E-state index in [2.05, 4.69) is 39.4 Å². The predicted molar refractivity (Wildman–Crippen MR) is 120 cm³/mol. The van der Waals surface area contributed by atoms with Crippen molar-refractivity contribution in [3.05, 3.63) is 113 Å². The number of fused-ring (bicyclic) bond motifs is 1. The molecular weight excluding hydrogens is 410 g/mol. The largest absolute Gasteiger partial charge is 0.378 e. The Kier molecular flexibility index (Phi) is 5.54. The molecule has 0 amide bonds. The standard InChI is InChI=1S/C25H20BrNO/c26-22-14-12-19(13-15-22)24(27-23-8-2-1-3-9-23)17-25(28)21-11-10-18-6-4-5-7-20(18)16-21/h1-16,24,27H,17H2. The van der Waals surface area contributed by atoms with Gasteiger partial charge in [-0.25, -0.2) is 0 Å². The Labute approximate surface area is 173 Å². The molecule has 0 bridgehead atoms. The molecule has 2 nitrogen and oxygen atoms in total. The molecule has 138 valence electrons. The number of carbonyl (C=O) groups excluding carboxylic acids is 1. The van der Waals surface area contributed by atoms with Crippen LogP contribution in [0.5, 0.6) is 0 Å². The summed E-state index contributed by atoms with van der Waals surface area (Å²) >= 11 is 3.48. The number of benzene rings is 4. The van der Waals surface area contributed by atoms with Gasteiger partial charge in [-0.1, -0.05) is 82.7 Å². The molecule has 1 N–H and O–H groups in total. The van der Waals surface area contributed by atoms with E-state index in [1.807, 2.05) is 78.9 Å². The summed E-state index contributed by atoms with van der Waals surface area (Å²) in [5.41, 5.74) is 2.83. The number of rotatable bonds is 6. The third-order valence-corrected chi connectivity index (χ3v) is 5.38. The minimum atomic E-state index is -0.102. The van der Waals surface area contributed by atoms with Crippen LogP contribution in [0.1, 0.15) is 28.4 Å². The van der Waals surface area contributed by atoms with E-state index in [1.54, 1.807) is 0 Å². The van der Waals surface area contributed by atoms with Crippen molar-refractivity contribution < 1.29 is 4.79 Å². The van der Waals surface area contributed by atoms with Crippen molar-refractivity contribution in [3.8, 4) is 0 Å². The van der Waals surface area contributed by atoms with Gasteiger partial charge in [-0.05, 0) is 46.7 Å². The second-order valence-corrected chi connectivity index (χ2v) is 7.72. The third-order valence-electron chi connectivity index (χ3n) is 4.85. The van der Waals surface area contributed by atoms with Crippen molar-refractivity contribution >= 4 is 38.2 Å². The first-order valence-corrected chi connectivity index (χ1v) is 10.1. The van der Waals surface area contributed by atoms with E-state index in [0.717, 1.165) is 32.1 Å². The quantitative estimate of drug-likeness (QED) is 0.333. The van der Waals surface area contributed by atoms with Crippen LogP contribution in [0.4, 0.5) is 5.69 Å². The van der Waals surface area contributed by atoms with E-state index in [4.69, 9.17) is 0 Å². The Morgan fingerprint density at radius 2 is 1.46 bits per heavy atom. The van der Waals surface area contributed by atoms with Gasteiger partial charge in [0.2, 0.25) is 0 Å². The SMILES string of the molecule is O=C(CC(Nc1ccccc1)c1ccc(Br)cc1)c1ccc2ccccc2c1. The zero-order valence-corrected chi connectivity index (χ0v) is 16.9. The van der Waals surface area contributed by atoms with E-state index < -0.39 is 0 Å². The fourth-order valence-corrected chi connectivity index (χ4v) is 3.61. The molecule has 0 saturated carbocycles. The van der Waals surface area contributed by atoms with E-state index in [1.165, 1.54) is 0 Å². The minimum Gasteiger partial charge on any atom is -0.378 e. The van der Waals surface area contributed by atoms with Crippen LogP contribution in [-0.4, -0.2) is 5.78 Å². The van der Waals surface area contributed by atoms with Crippen molar-refractivity contribution in [2.24, 2.45) is 0 Å². The van der Waals surface area contributed by atoms with Crippen LogP contribution in [-0.2, 0) is 0 Å². The average Bonchev–Trinajstić information content (AvgIpc) is 2.74. The number of hydrogen-bond acceptors (Lipinski definition) is 2. The molecular formula is C25H20BrNO. The molecule has 0 aromatic heterocycles. The molecule has 0 radical (unpaired) electrons.